The fourth-order valence-electron chi connectivity index (χ4n) is 1.26. The van der Waals surface area contributed by atoms with E-state index < -0.39 is 10.8 Å². The van der Waals surface area contributed by atoms with Crippen molar-refractivity contribution in [1.29, 1.82) is 0 Å². The molecule has 0 aliphatic carbocycles. The molecular formula is C11H12N4O4. The minimum absolute atomic E-state index is 0.134. The summed E-state index contributed by atoms with van der Waals surface area (Å²) in [6, 6.07) is 6.13. The molecule has 0 aliphatic heterocycles. The lowest BCUT2D eigenvalue weighted by Gasteiger charge is -2.01. The van der Waals surface area contributed by atoms with Crippen LogP contribution in [0, 0.1) is 10.1 Å². The lowest BCUT2D eigenvalue weighted by molar-refractivity contribution is -0.445. The van der Waals surface area contributed by atoms with E-state index in [1.165, 1.54) is 26.0 Å². The highest BCUT2D eigenvalue weighted by Crippen LogP contribution is 2.25. The maximum atomic E-state index is 11.2. The van der Waals surface area contributed by atoms with Crippen LogP contribution in [0.3, 0.4) is 0 Å². The number of para-hydroxylation sites is 1. The summed E-state index contributed by atoms with van der Waals surface area (Å²) in [6.45, 7) is 2.53. The summed E-state index contributed by atoms with van der Waals surface area (Å²) in [5.41, 5.74) is 2.08. The Labute approximate surface area is 108 Å². The first-order valence-corrected chi connectivity index (χ1v) is 5.24. The third-order valence-electron chi connectivity index (χ3n) is 2.05. The standard InChI is InChI=1S/C11H12N4O4/c1-7(16)11(8(2)17)13-12-9-5-3-4-6-10(9)14-15(18)19/h3-6,14,16H,1-2H3/b11-7-,13-12?. The number of carbonyl (C=O) groups excluding carboxylic acids is 1. The van der Waals surface area contributed by atoms with Gasteiger partial charge in [-0.05, 0) is 19.1 Å². The molecular weight excluding hydrogens is 252 g/mol. The Bertz CT molecular complexity index is 562. The zero-order valence-corrected chi connectivity index (χ0v) is 10.3. The minimum Gasteiger partial charge on any atom is -0.510 e. The Balaban J connectivity index is 3.09. The molecule has 0 aliphatic rings. The van der Waals surface area contributed by atoms with Gasteiger partial charge in [0.25, 0.3) is 0 Å². The predicted molar refractivity (Wildman–Crippen MR) is 67.6 cm³/mol. The van der Waals surface area contributed by atoms with Gasteiger partial charge in [-0.2, -0.15) is 0 Å². The monoisotopic (exact) mass is 264 g/mol. The number of azo groups is 1. The highest BCUT2D eigenvalue weighted by atomic mass is 16.7. The number of nitrogens with one attached hydrogen (secondary N) is 1. The van der Waals surface area contributed by atoms with Crippen LogP contribution in [-0.4, -0.2) is 15.9 Å². The minimum atomic E-state index is -0.729. The molecule has 1 aromatic rings. The number of carbonyl (C=O) groups is 1. The smallest absolute Gasteiger partial charge is 0.183 e. The number of rotatable bonds is 5. The molecule has 0 radical (unpaired) electrons. The van der Waals surface area contributed by atoms with Crippen molar-refractivity contribution < 1.29 is 14.9 Å². The van der Waals surface area contributed by atoms with E-state index in [1.807, 2.05) is 5.43 Å². The molecule has 2 N–H and O–H groups in total. The Kier molecular flexibility index (Phi) is 4.69. The van der Waals surface area contributed by atoms with Gasteiger partial charge in [-0.25, -0.2) is 10.1 Å². The third kappa shape index (κ3) is 4.19. The fourth-order valence-corrected chi connectivity index (χ4v) is 1.26. The van der Waals surface area contributed by atoms with Gasteiger partial charge in [-0.1, -0.05) is 12.1 Å². The number of hydrogen-bond acceptors (Lipinski definition) is 6. The number of hydrogen-bond donors (Lipinski definition) is 2. The Morgan fingerprint density at radius 3 is 2.53 bits per heavy atom. The largest absolute Gasteiger partial charge is 0.510 e. The van der Waals surface area contributed by atoms with Crippen molar-refractivity contribution in [3.8, 4) is 0 Å². The third-order valence-corrected chi connectivity index (χ3v) is 2.05. The average molecular weight is 264 g/mol. The average Bonchev–Trinajstić information content (AvgIpc) is 2.29. The molecule has 0 spiro atoms. The zero-order chi connectivity index (χ0) is 14.4. The maximum absolute atomic E-state index is 11.2. The van der Waals surface area contributed by atoms with Crippen LogP contribution < -0.4 is 5.43 Å². The van der Waals surface area contributed by atoms with Crippen molar-refractivity contribution in [2.75, 3.05) is 5.43 Å². The molecule has 0 fully saturated rings. The number of aliphatic hydroxyl groups excluding tert-OH is 1. The first-order chi connectivity index (χ1) is 8.91. The lowest BCUT2D eigenvalue weighted by atomic mass is 10.3. The number of anilines is 1. The van der Waals surface area contributed by atoms with Crippen LogP contribution in [0.2, 0.25) is 0 Å². The van der Waals surface area contributed by atoms with E-state index in [9.17, 15) is 20.0 Å². The maximum Gasteiger partial charge on any atom is 0.183 e. The Hall–Kier alpha value is -2.77. The summed E-state index contributed by atoms with van der Waals surface area (Å²) in [6.07, 6.45) is 0. The summed E-state index contributed by atoms with van der Waals surface area (Å²) in [4.78, 5) is 21.6. The number of Topliss-reactive ketones (excluding diaryl/α,β-unsaturated/α-hetero) is 1. The van der Waals surface area contributed by atoms with Crippen LogP contribution in [0.25, 0.3) is 0 Å². The number of nitrogens with zero attached hydrogens (tertiary/aromatic N) is 3. The summed E-state index contributed by atoms with van der Waals surface area (Å²) in [7, 11) is 0. The van der Waals surface area contributed by atoms with Gasteiger partial charge in [0.05, 0.1) is 0 Å². The molecule has 0 bridgehead atoms. The molecule has 0 saturated heterocycles. The van der Waals surface area contributed by atoms with Crippen molar-refractivity contribution in [3.05, 3.63) is 45.8 Å². The van der Waals surface area contributed by atoms with Crippen molar-refractivity contribution in [1.82, 2.24) is 0 Å². The van der Waals surface area contributed by atoms with Gasteiger partial charge >= 0.3 is 0 Å². The molecule has 1 rings (SSSR count). The topological polar surface area (TPSA) is 117 Å². The van der Waals surface area contributed by atoms with Gasteiger partial charge in [0.1, 0.15) is 17.1 Å². The van der Waals surface area contributed by atoms with Gasteiger partial charge in [0.15, 0.2) is 16.5 Å². The van der Waals surface area contributed by atoms with Crippen molar-refractivity contribution in [2.24, 2.45) is 10.2 Å². The van der Waals surface area contributed by atoms with Crippen LogP contribution in [0.4, 0.5) is 11.4 Å². The fraction of sp³-hybridized carbons (Fsp3) is 0.182. The Morgan fingerprint density at radius 1 is 1.37 bits per heavy atom. The van der Waals surface area contributed by atoms with Gasteiger partial charge in [0.2, 0.25) is 0 Å². The van der Waals surface area contributed by atoms with Crippen LogP contribution in [0.15, 0.2) is 46.0 Å². The number of ketones is 1. The number of benzene rings is 1. The summed E-state index contributed by atoms with van der Waals surface area (Å²) in [5, 5.41) is 26.2. The van der Waals surface area contributed by atoms with Crippen LogP contribution in [-0.2, 0) is 4.79 Å². The van der Waals surface area contributed by atoms with E-state index in [2.05, 4.69) is 10.2 Å². The molecule has 8 nitrogen and oxygen atoms in total. The Morgan fingerprint density at radius 2 is 2.00 bits per heavy atom. The second kappa shape index (κ2) is 6.24. The van der Waals surface area contributed by atoms with Gasteiger partial charge in [-0.3, -0.25) is 4.79 Å². The molecule has 8 heteroatoms. The second-order valence-corrected chi connectivity index (χ2v) is 3.58. The lowest BCUT2D eigenvalue weighted by Crippen LogP contribution is -2.07. The van der Waals surface area contributed by atoms with Crippen LogP contribution in [0.5, 0.6) is 0 Å². The molecule has 100 valence electrons. The van der Waals surface area contributed by atoms with E-state index in [4.69, 9.17) is 0 Å². The van der Waals surface area contributed by atoms with Gasteiger partial charge in [0, 0.05) is 6.92 Å². The van der Waals surface area contributed by atoms with Crippen LogP contribution >= 0.6 is 0 Å². The van der Waals surface area contributed by atoms with Gasteiger partial charge < -0.3 is 5.11 Å². The zero-order valence-electron chi connectivity index (χ0n) is 10.3. The number of allylic oxidation sites excluding steroid dienone is 2. The molecule has 0 amide bonds. The molecule has 0 heterocycles. The van der Waals surface area contributed by atoms with Crippen molar-refractivity contribution >= 4 is 17.2 Å². The van der Waals surface area contributed by atoms with Crippen molar-refractivity contribution in [3.63, 3.8) is 0 Å². The summed E-state index contributed by atoms with van der Waals surface area (Å²) < 4.78 is 0. The molecule has 0 atom stereocenters. The van der Waals surface area contributed by atoms with E-state index in [-0.39, 0.29) is 22.8 Å². The van der Waals surface area contributed by atoms with E-state index in [1.54, 1.807) is 12.1 Å². The molecule has 0 unspecified atom stereocenters. The molecule has 0 saturated carbocycles. The quantitative estimate of drug-likeness (QED) is 0.279. The first kappa shape index (κ1) is 14.3. The molecule has 0 aromatic heterocycles. The van der Waals surface area contributed by atoms with E-state index >= 15 is 0 Å². The molecule has 1 aromatic carbocycles. The van der Waals surface area contributed by atoms with Crippen molar-refractivity contribution in [2.45, 2.75) is 13.8 Å². The van der Waals surface area contributed by atoms with Gasteiger partial charge in [-0.15, -0.1) is 15.7 Å². The SMILES string of the molecule is CC(=O)/C(N=Nc1ccccc1N[N+](=O)[O-])=C(\C)O. The second-order valence-electron chi connectivity index (χ2n) is 3.58. The summed E-state index contributed by atoms with van der Waals surface area (Å²) >= 11 is 0. The predicted octanol–water partition coefficient (Wildman–Crippen LogP) is 2.75. The number of hydrazine groups is 1. The van der Waals surface area contributed by atoms with Crippen LogP contribution in [0.1, 0.15) is 13.8 Å². The highest BCUT2D eigenvalue weighted by Gasteiger charge is 2.09. The van der Waals surface area contributed by atoms with E-state index in [0.717, 1.165) is 0 Å². The number of nitro groups is 1. The highest BCUT2D eigenvalue weighted by molar-refractivity contribution is 5.93. The normalized spacial score (nSPS) is 12.1. The number of aliphatic hydroxyl groups is 1. The van der Waals surface area contributed by atoms with E-state index in [0.29, 0.717) is 0 Å². The molecule has 19 heavy (non-hydrogen) atoms. The summed E-state index contributed by atoms with van der Waals surface area (Å²) in [5.74, 6) is -0.723. The first-order valence-electron chi connectivity index (χ1n) is 5.24.